The molecule has 1 aliphatic carbocycles. The van der Waals surface area contributed by atoms with Gasteiger partial charge in [-0.25, -0.2) is 13.2 Å². The lowest BCUT2D eigenvalue weighted by Gasteiger charge is -2.35. The fraction of sp³-hybridized carbons (Fsp3) is 0.414. The summed E-state index contributed by atoms with van der Waals surface area (Å²) in [6, 6.07) is 4.90. The van der Waals surface area contributed by atoms with Gasteiger partial charge < -0.3 is 10.0 Å². The molecule has 0 spiro atoms. The zero-order chi connectivity index (χ0) is 29.4. The average molecular weight is 596 g/mol. The highest BCUT2D eigenvalue weighted by Gasteiger charge is 2.36. The fourth-order valence-corrected chi connectivity index (χ4v) is 6.03. The molecule has 1 N–H and O–H groups in total. The SMILES string of the molecule is CC(=O)C1(C)CCC(n2ncc(C(=O)N(Cc3cc(F)cc(F)c3)CC(O)c3c(Cl)cc(F)cc3Cl)c2C)CC1. The van der Waals surface area contributed by atoms with Gasteiger partial charge in [-0.2, -0.15) is 5.10 Å². The molecule has 1 amide bonds. The number of hydrogen-bond donors (Lipinski definition) is 1. The van der Waals surface area contributed by atoms with Gasteiger partial charge >= 0.3 is 0 Å². The van der Waals surface area contributed by atoms with E-state index in [1.54, 1.807) is 18.5 Å². The quantitative estimate of drug-likeness (QED) is 0.304. The van der Waals surface area contributed by atoms with Crippen molar-refractivity contribution < 1.29 is 27.9 Å². The molecule has 11 heteroatoms. The van der Waals surface area contributed by atoms with Crippen LogP contribution in [0.2, 0.25) is 10.0 Å². The highest BCUT2D eigenvalue weighted by Crippen LogP contribution is 2.41. The third-order valence-corrected chi connectivity index (χ3v) is 8.51. The Morgan fingerprint density at radius 3 is 2.17 bits per heavy atom. The molecule has 40 heavy (non-hydrogen) atoms. The monoisotopic (exact) mass is 595 g/mol. The van der Waals surface area contributed by atoms with Crippen LogP contribution in [0, 0.1) is 29.8 Å². The number of aliphatic hydroxyl groups excluding tert-OH is 1. The lowest BCUT2D eigenvalue weighted by atomic mass is 9.71. The Morgan fingerprint density at radius 1 is 1.07 bits per heavy atom. The van der Waals surface area contributed by atoms with Crippen LogP contribution in [0.4, 0.5) is 13.2 Å². The third kappa shape index (κ3) is 6.37. The highest BCUT2D eigenvalue weighted by molar-refractivity contribution is 6.36. The summed E-state index contributed by atoms with van der Waals surface area (Å²) in [7, 11) is 0. The molecule has 3 aromatic rings. The van der Waals surface area contributed by atoms with E-state index in [1.165, 1.54) is 11.1 Å². The van der Waals surface area contributed by atoms with Gasteiger partial charge in [-0.15, -0.1) is 0 Å². The Morgan fingerprint density at radius 2 is 1.62 bits per heavy atom. The number of amides is 1. The molecular formula is C29H30Cl2F3N3O3. The molecule has 1 aromatic heterocycles. The highest BCUT2D eigenvalue weighted by atomic mass is 35.5. The minimum atomic E-state index is -1.43. The molecule has 2 aromatic carbocycles. The standard InChI is InChI=1S/C29H30Cl2F3N3O3/c1-16-23(13-35-37(16)22-4-6-29(3,7-5-22)17(2)38)28(40)36(14-18-8-19(32)10-20(33)9-18)15-26(39)27-24(30)11-21(34)12-25(27)31/h8-13,22,26,39H,4-7,14-15H2,1-3H3. The number of halogens is 5. The summed E-state index contributed by atoms with van der Waals surface area (Å²) in [6.45, 7) is 4.73. The molecular weight excluding hydrogens is 566 g/mol. The van der Waals surface area contributed by atoms with E-state index in [0.717, 1.165) is 43.2 Å². The number of aliphatic hydroxyl groups is 1. The Labute approximate surface area is 240 Å². The molecule has 214 valence electrons. The van der Waals surface area contributed by atoms with Crippen molar-refractivity contribution in [1.82, 2.24) is 14.7 Å². The number of carbonyl (C=O) groups excluding carboxylic acids is 2. The van der Waals surface area contributed by atoms with Crippen molar-refractivity contribution in [2.45, 2.75) is 65.1 Å². The molecule has 6 nitrogen and oxygen atoms in total. The van der Waals surface area contributed by atoms with Crippen LogP contribution in [-0.4, -0.2) is 38.0 Å². The van der Waals surface area contributed by atoms with Crippen LogP contribution in [0.1, 0.15) is 78.9 Å². The fourth-order valence-electron chi connectivity index (χ4n) is 5.32. The number of benzene rings is 2. The van der Waals surface area contributed by atoms with Crippen LogP contribution in [0.25, 0.3) is 0 Å². The molecule has 0 radical (unpaired) electrons. The summed E-state index contributed by atoms with van der Waals surface area (Å²) < 4.78 is 43.4. The van der Waals surface area contributed by atoms with E-state index in [4.69, 9.17) is 23.2 Å². The van der Waals surface area contributed by atoms with Crippen molar-refractivity contribution in [1.29, 1.82) is 0 Å². The van der Waals surface area contributed by atoms with Gasteiger partial charge in [0.05, 0.1) is 40.5 Å². The molecule has 4 rings (SSSR count). The van der Waals surface area contributed by atoms with Gasteiger partial charge in [-0.1, -0.05) is 30.1 Å². The maximum Gasteiger partial charge on any atom is 0.257 e. The lowest BCUT2D eigenvalue weighted by Crippen LogP contribution is -2.35. The van der Waals surface area contributed by atoms with E-state index in [1.807, 2.05) is 6.92 Å². The summed E-state index contributed by atoms with van der Waals surface area (Å²) in [5.74, 6) is -2.70. The molecule has 1 saturated carbocycles. The summed E-state index contributed by atoms with van der Waals surface area (Å²) in [5, 5.41) is 15.2. The second-order valence-corrected chi connectivity index (χ2v) is 11.5. The van der Waals surface area contributed by atoms with Crippen molar-refractivity contribution in [3.05, 3.63) is 86.4 Å². The summed E-state index contributed by atoms with van der Waals surface area (Å²) >= 11 is 12.3. The van der Waals surface area contributed by atoms with Crippen molar-refractivity contribution in [3.8, 4) is 0 Å². The second-order valence-electron chi connectivity index (χ2n) is 10.7. The first-order chi connectivity index (χ1) is 18.8. The molecule has 0 bridgehead atoms. The second kappa shape index (κ2) is 11.9. The van der Waals surface area contributed by atoms with Crippen molar-refractivity contribution in [2.75, 3.05) is 6.54 Å². The van der Waals surface area contributed by atoms with Crippen LogP contribution in [-0.2, 0) is 11.3 Å². The summed E-state index contributed by atoms with van der Waals surface area (Å²) in [5.41, 5.74) is 0.655. The van der Waals surface area contributed by atoms with Gasteiger partial charge in [0.25, 0.3) is 5.91 Å². The maximum atomic E-state index is 14.0. The van der Waals surface area contributed by atoms with Gasteiger partial charge in [0, 0.05) is 29.3 Å². The zero-order valence-corrected chi connectivity index (χ0v) is 23.9. The Bertz CT molecular complexity index is 1390. The number of carbonyl (C=O) groups is 2. The lowest BCUT2D eigenvalue weighted by molar-refractivity contribution is -0.127. The number of hydrogen-bond acceptors (Lipinski definition) is 4. The molecule has 1 unspecified atom stereocenters. The maximum absolute atomic E-state index is 14.0. The van der Waals surface area contributed by atoms with Crippen molar-refractivity contribution in [2.24, 2.45) is 5.41 Å². The van der Waals surface area contributed by atoms with Crippen LogP contribution < -0.4 is 0 Å². The van der Waals surface area contributed by atoms with E-state index < -0.39 is 29.5 Å². The topological polar surface area (TPSA) is 75.4 Å². The van der Waals surface area contributed by atoms with Gasteiger partial charge in [0.1, 0.15) is 23.2 Å². The molecule has 1 heterocycles. The average Bonchev–Trinajstić information content (AvgIpc) is 3.23. The Hall–Kier alpha value is -2.88. The first kappa shape index (κ1) is 30.1. The van der Waals surface area contributed by atoms with Crippen LogP contribution in [0.15, 0.2) is 36.5 Å². The Balaban J connectivity index is 1.63. The molecule has 1 aliphatic rings. The van der Waals surface area contributed by atoms with Gasteiger partial charge in [0.15, 0.2) is 0 Å². The van der Waals surface area contributed by atoms with Crippen molar-refractivity contribution >= 4 is 34.9 Å². The zero-order valence-electron chi connectivity index (χ0n) is 22.4. The van der Waals surface area contributed by atoms with Crippen LogP contribution in [0.3, 0.4) is 0 Å². The predicted octanol–water partition coefficient (Wildman–Crippen LogP) is 7.00. The van der Waals surface area contributed by atoms with E-state index in [2.05, 4.69) is 5.10 Å². The molecule has 0 aliphatic heterocycles. The van der Waals surface area contributed by atoms with Gasteiger partial charge in [-0.3, -0.25) is 14.3 Å². The number of aromatic nitrogens is 2. The summed E-state index contributed by atoms with van der Waals surface area (Å²) in [6.07, 6.45) is 2.86. The number of rotatable bonds is 8. The third-order valence-electron chi connectivity index (χ3n) is 7.88. The largest absolute Gasteiger partial charge is 0.386 e. The minimum absolute atomic E-state index is 0.00200. The van der Waals surface area contributed by atoms with Gasteiger partial charge in [0.2, 0.25) is 0 Å². The first-order valence-electron chi connectivity index (χ1n) is 12.9. The number of ketones is 1. The molecule has 1 atom stereocenters. The molecule has 0 saturated heterocycles. The van der Waals surface area contributed by atoms with E-state index in [0.29, 0.717) is 18.5 Å². The Kier molecular flexibility index (Phi) is 8.97. The minimum Gasteiger partial charge on any atom is -0.386 e. The first-order valence-corrected chi connectivity index (χ1v) is 13.7. The van der Waals surface area contributed by atoms with E-state index in [9.17, 15) is 27.9 Å². The molecule has 1 fully saturated rings. The smallest absolute Gasteiger partial charge is 0.257 e. The van der Waals surface area contributed by atoms with Gasteiger partial charge in [-0.05, 0) is 69.4 Å². The van der Waals surface area contributed by atoms with Crippen molar-refractivity contribution in [3.63, 3.8) is 0 Å². The number of Topliss-reactive ketones (excluding diaryl/α,β-unsaturated/α-hetero) is 1. The normalized spacial score (nSPS) is 19.9. The number of nitrogens with zero attached hydrogens (tertiary/aromatic N) is 3. The summed E-state index contributed by atoms with van der Waals surface area (Å²) in [4.78, 5) is 27.1. The van der Waals surface area contributed by atoms with Crippen LogP contribution >= 0.6 is 23.2 Å². The van der Waals surface area contributed by atoms with E-state index >= 15 is 0 Å². The predicted molar refractivity (Wildman–Crippen MR) is 146 cm³/mol. The van der Waals surface area contributed by atoms with E-state index in [-0.39, 0.29) is 57.1 Å². The van der Waals surface area contributed by atoms with Crippen LogP contribution in [0.5, 0.6) is 0 Å².